The van der Waals surface area contributed by atoms with Crippen LogP contribution in [0.5, 0.6) is 0 Å². The van der Waals surface area contributed by atoms with Crippen LogP contribution in [-0.4, -0.2) is 59.7 Å². The van der Waals surface area contributed by atoms with Crippen LogP contribution in [0.15, 0.2) is 41.0 Å². The molecule has 9 nitrogen and oxygen atoms in total. The fourth-order valence-corrected chi connectivity index (χ4v) is 3.66. The molecular formula is C23H29N3O6. The zero-order chi connectivity index (χ0) is 23.3. The fourth-order valence-electron chi connectivity index (χ4n) is 3.66. The van der Waals surface area contributed by atoms with Crippen LogP contribution < -0.4 is 5.32 Å². The molecule has 2 heterocycles. The molecule has 9 heteroatoms. The van der Waals surface area contributed by atoms with Crippen molar-refractivity contribution in [3.63, 3.8) is 0 Å². The molecule has 2 amide bonds. The number of aromatic nitrogens is 1. The predicted molar refractivity (Wildman–Crippen MR) is 116 cm³/mol. The van der Waals surface area contributed by atoms with E-state index in [1.165, 1.54) is 12.0 Å². The van der Waals surface area contributed by atoms with E-state index in [0.717, 1.165) is 11.3 Å². The number of oxazole rings is 1. The Kier molecular flexibility index (Phi) is 7.17. The summed E-state index contributed by atoms with van der Waals surface area (Å²) in [4.78, 5) is 42.9. The van der Waals surface area contributed by atoms with Gasteiger partial charge in [0.25, 0.3) is 0 Å². The van der Waals surface area contributed by atoms with E-state index in [4.69, 9.17) is 13.9 Å². The molecule has 2 atom stereocenters. The Balaban J connectivity index is 1.62. The predicted octanol–water partition coefficient (Wildman–Crippen LogP) is 2.80. The topological polar surface area (TPSA) is 111 Å². The van der Waals surface area contributed by atoms with Gasteiger partial charge in [-0.15, -0.1) is 0 Å². The van der Waals surface area contributed by atoms with Gasteiger partial charge in [-0.25, -0.2) is 14.6 Å². The minimum absolute atomic E-state index is 0.0353. The molecule has 2 aromatic rings. The van der Waals surface area contributed by atoms with Crippen molar-refractivity contribution in [3.8, 4) is 11.3 Å². The summed E-state index contributed by atoms with van der Waals surface area (Å²) in [6.07, 6.45) is 1.81. The number of hydrogen-bond acceptors (Lipinski definition) is 7. The molecule has 1 aromatic heterocycles. The largest absolute Gasteiger partial charge is 0.467 e. The van der Waals surface area contributed by atoms with Crippen molar-refractivity contribution in [2.75, 3.05) is 20.2 Å². The van der Waals surface area contributed by atoms with Crippen LogP contribution in [0.1, 0.15) is 33.1 Å². The van der Waals surface area contributed by atoms with Crippen molar-refractivity contribution in [1.82, 2.24) is 15.2 Å². The van der Waals surface area contributed by atoms with Crippen LogP contribution in [0, 0.1) is 5.92 Å². The number of alkyl carbamates (subject to hydrolysis) is 1. The molecule has 172 valence electrons. The Morgan fingerprint density at radius 3 is 2.59 bits per heavy atom. The molecule has 0 radical (unpaired) electrons. The van der Waals surface area contributed by atoms with Crippen LogP contribution in [0.25, 0.3) is 11.3 Å². The number of methoxy groups -OCH3 is 1. The minimum Gasteiger partial charge on any atom is -0.467 e. The Labute approximate surface area is 187 Å². The van der Waals surface area contributed by atoms with Crippen LogP contribution in [0.2, 0.25) is 0 Å². The molecular weight excluding hydrogens is 414 g/mol. The zero-order valence-electron chi connectivity index (χ0n) is 18.8. The summed E-state index contributed by atoms with van der Waals surface area (Å²) in [6, 6.07) is 8.96. The van der Waals surface area contributed by atoms with Gasteiger partial charge in [0, 0.05) is 18.5 Å². The number of amides is 2. The molecule has 3 rings (SSSR count). The SMILES string of the molecule is COC(=O)C1CC(Cc2nc(-c3ccccc3)co2)CN1C(=O)CNC(=O)OC(C)(C)C. The number of rotatable bonds is 6. The number of nitrogens with one attached hydrogen (secondary N) is 1. The molecule has 0 aliphatic carbocycles. The Hall–Kier alpha value is -3.36. The van der Waals surface area contributed by atoms with E-state index in [1.807, 2.05) is 30.3 Å². The molecule has 0 spiro atoms. The smallest absolute Gasteiger partial charge is 0.408 e. The first-order valence-corrected chi connectivity index (χ1v) is 10.5. The molecule has 0 saturated carbocycles. The fraction of sp³-hybridized carbons (Fsp3) is 0.478. The maximum absolute atomic E-state index is 12.7. The third-order valence-corrected chi connectivity index (χ3v) is 5.05. The Morgan fingerprint density at radius 2 is 1.94 bits per heavy atom. The monoisotopic (exact) mass is 443 g/mol. The van der Waals surface area contributed by atoms with Gasteiger partial charge in [0.2, 0.25) is 5.91 Å². The summed E-state index contributed by atoms with van der Waals surface area (Å²) in [5.74, 6) is -0.368. The third kappa shape index (κ3) is 6.09. The lowest BCUT2D eigenvalue weighted by Gasteiger charge is -2.24. The van der Waals surface area contributed by atoms with Crippen LogP contribution in [0.4, 0.5) is 4.79 Å². The van der Waals surface area contributed by atoms with Crippen LogP contribution in [0.3, 0.4) is 0 Å². The third-order valence-electron chi connectivity index (χ3n) is 5.05. The van der Waals surface area contributed by atoms with Crippen molar-refractivity contribution >= 4 is 18.0 Å². The van der Waals surface area contributed by atoms with Crippen LogP contribution >= 0.6 is 0 Å². The number of likely N-dealkylation sites (tertiary alicyclic amines) is 1. The Morgan fingerprint density at radius 1 is 1.22 bits per heavy atom. The van der Waals surface area contributed by atoms with Gasteiger partial charge in [-0.3, -0.25) is 4.79 Å². The van der Waals surface area contributed by atoms with E-state index in [2.05, 4.69) is 10.3 Å². The molecule has 1 N–H and O–H groups in total. The average molecular weight is 444 g/mol. The normalized spacial score (nSPS) is 18.3. The highest BCUT2D eigenvalue weighted by Crippen LogP contribution is 2.28. The summed E-state index contributed by atoms with van der Waals surface area (Å²) in [5, 5.41) is 2.44. The minimum atomic E-state index is -0.721. The molecule has 32 heavy (non-hydrogen) atoms. The van der Waals surface area contributed by atoms with Crippen molar-refractivity contribution in [3.05, 3.63) is 42.5 Å². The van der Waals surface area contributed by atoms with Gasteiger partial charge < -0.3 is 24.1 Å². The molecule has 1 aliphatic heterocycles. The summed E-state index contributed by atoms with van der Waals surface area (Å²) in [6.45, 7) is 5.26. The van der Waals surface area contributed by atoms with Gasteiger partial charge >= 0.3 is 12.1 Å². The van der Waals surface area contributed by atoms with Crippen molar-refractivity contribution in [1.29, 1.82) is 0 Å². The second-order valence-corrected chi connectivity index (χ2v) is 8.74. The number of benzene rings is 1. The highest BCUT2D eigenvalue weighted by molar-refractivity contribution is 5.88. The van der Waals surface area contributed by atoms with Crippen molar-refractivity contribution in [2.24, 2.45) is 5.92 Å². The average Bonchev–Trinajstić information content (AvgIpc) is 3.38. The molecule has 1 fully saturated rings. The lowest BCUT2D eigenvalue weighted by molar-refractivity contribution is -0.150. The summed E-state index contributed by atoms with van der Waals surface area (Å²) in [7, 11) is 1.29. The summed E-state index contributed by atoms with van der Waals surface area (Å²) >= 11 is 0. The first kappa shape index (κ1) is 23.3. The van der Waals surface area contributed by atoms with E-state index in [9.17, 15) is 14.4 Å². The first-order valence-electron chi connectivity index (χ1n) is 10.5. The van der Waals surface area contributed by atoms with Crippen LogP contribution in [-0.2, 0) is 25.5 Å². The van der Waals surface area contributed by atoms with Crippen molar-refractivity contribution < 1.29 is 28.3 Å². The van der Waals surface area contributed by atoms with E-state index in [0.29, 0.717) is 25.3 Å². The van der Waals surface area contributed by atoms with Gasteiger partial charge in [-0.2, -0.15) is 0 Å². The van der Waals surface area contributed by atoms with E-state index >= 15 is 0 Å². The zero-order valence-corrected chi connectivity index (χ0v) is 18.8. The number of nitrogens with zero attached hydrogens (tertiary/aromatic N) is 2. The summed E-state index contributed by atoms with van der Waals surface area (Å²) in [5.41, 5.74) is 1.01. The maximum atomic E-state index is 12.7. The number of esters is 1. The quantitative estimate of drug-likeness (QED) is 0.684. The Bertz CT molecular complexity index is 950. The second-order valence-electron chi connectivity index (χ2n) is 8.74. The lowest BCUT2D eigenvalue weighted by atomic mass is 10.0. The lowest BCUT2D eigenvalue weighted by Crippen LogP contribution is -2.46. The first-order chi connectivity index (χ1) is 15.2. The standard InChI is InChI=1S/C23H29N3O6/c1-23(2,3)32-22(29)24-12-20(27)26-13-15(10-18(26)21(28)30-4)11-19-25-17(14-31-19)16-8-6-5-7-9-16/h5-9,14-15,18H,10-13H2,1-4H3,(H,24,29). The van der Waals surface area contributed by atoms with Crippen molar-refractivity contribution in [2.45, 2.75) is 45.3 Å². The number of ether oxygens (including phenoxy) is 2. The molecule has 1 saturated heterocycles. The van der Waals surface area contributed by atoms with Gasteiger partial charge in [0.15, 0.2) is 5.89 Å². The molecule has 0 bridgehead atoms. The van der Waals surface area contributed by atoms with Gasteiger partial charge in [-0.05, 0) is 33.1 Å². The van der Waals surface area contributed by atoms with Gasteiger partial charge in [0.05, 0.1) is 7.11 Å². The highest BCUT2D eigenvalue weighted by Gasteiger charge is 2.40. The maximum Gasteiger partial charge on any atom is 0.408 e. The summed E-state index contributed by atoms with van der Waals surface area (Å²) < 4.78 is 15.7. The molecule has 1 aromatic carbocycles. The highest BCUT2D eigenvalue weighted by atomic mass is 16.6. The van der Waals surface area contributed by atoms with Gasteiger partial charge in [0.1, 0.15) is 30.1 Å². The molecule has 2 unspecified atom stereocenters. The number of carbonyl (C=O) groups excluding carboxylic acids is 3. The number of carbonyl (C=O) groups is 3. The van der Waals surface area contributed by atoms with E-state index in [1.54, 1.807) is 27.0 Å². The van der Waals surface area contributed by atoms with E-state index in [-0.39, 0.29) is 18.4 Å². The van der Waals surface area contributed by atoms with E-state index < -0.39 is 23.7 Å². The van der Waals surface area contributed by atoms with Gasteiger partial charge in [-0.1, -0.05) is 30.3 Å². The molecule has 1 aliphatic rings. The second kappa shape index (κ2) is 9.84. The number of hydrogen-bond donors (Lipinski definition) is 1.